The van der Waals surface area contributed by atoms with Crippen LogP contribution < -0.4 is 0 Å². The van der Waals surface area contributed by atoms with Crippen LogP contribution in [0.5, 0.6) is 0 Å². The molecule has 10 atom stereocenters. The average Bonchev–Trinajstić information content (AvgIpc) is 3.09. The Morgan fingerprint density at radius 2 is 1.73 bits per heavy atom. The Bertz CT molecular complexity index is 1800. The fourth-order valence-corrected chi connectivity index (χ4v) is 10.8. The van der Waals surface area contributed by atoms with E-state index in [2.05, 4.69) is 0 Å². The SMILES string of the molecule is CC(=O)OC1C(=O)C2(C)C(O)CC3OCC3(OC(C)=O)C23C(OC(=O)C2=CCCC=C2)C2(O)CC(OC(=O)CCc4ccccc4)C(C)=C1C23C. The van der Waals surface area contributed by atoms with Gasteiger partial charge in [0.25, 0.3) is 0 Å². The van der Waals surface area contributed by atoms with Gasteiger partial charge in [0, 0.05) is 38.5 Å². The van der Waals surface area contributed by atoms with Gasteiger partial charge in [0.2, 0.25) is 0 Å². The summed E-state index contributed by atoms with van der Waals surface area (Å²) in [6, 6.07) is 9.39. The highest BCUT2D eigenvalue weighted by molar-refractivity contribution is 5.99. The minimum atomic E-state index is -2.08. The summed E-state index contributed by atoms with van der Waals surface area (Å²) in [5, 5.41) is 25.2. The van der Waals surface area contributed by atoms with Gasteiger partial charge in [0.1, 0.15) is 23.9 Å². The zero-order chi connectivity index (χ0) is 36.7. The van der Waals surface area contributed by atoms with Gasteiger partial charge in [-0.3, -0.25) is 19.2 Å². The van der Waals surface area contributed by atoms with Crippen LogP contribution in [-0.2, 0) is 54.1 Å². The minimum Gasteiger partial charge on any atom is -0.458 e. The summed E-state index contributed by atoms with van der Waals surface area (Å²) >= 11 is 0. The third-order valence-corrected chi connectivity index (χ3v) is 12.8. The molecule has 1 aliphatic heterocycles. The Balaban J connectivity index is 1.43. The summed E-state index contributed by atoms with van der Waals surface area (Å²) < 4.78 is 30.3. The predicted molar refractivity (Wildman–Crippen MR) is 177 cm³/mol. The summed E-state index contributed by atoms with van der Waals surface area (Å²) in [4.78, 5) is 68.2. The number of esters is 4. The maximum Gasteiger partial charge on any atom is 0.338 e. The van der Waals surface area contributed by atoms with Crippen molar-refractivity contribution in [3.05, 3.63) is 70.8 Å². The van der Waals surface area contributed by atoms with Crippen molar-refractivity contribution in [2.75, 3.05) is 6.61 Å². The first kappa shape index (κ1) is 35.3. The highest BCUT2D eigenvalue weighted by atomic mass is 16.6. The van der Waals surface area contributed by atoms with Crippen molar-refractivity contribution in [3.8, 4) is 0 Å². The second-order valence-corrected chi connectivity index (χ2v) is 15.1. The number of Topliss-reactive ketones (excluding diaryl/α,β-unsaturated/α-hetero) is 1. The van der Waals surface area contributed by atoms with E-state index in [1.54, 1.807) is 26.0 Å². The number of hydrogen-bond acceptors (Lipinski definition) is 12. The number of benzene rings is 1. The molecule has 12 nitrogen and oxygen atoms in total. The van der Waals surface area contributed by atoms with Gasteiger partial charge >= 0.3 is 23.9 Å². The Hall–Kier alpha value is -4.13. The van der Waals surface area contributed by atoms with Gasteiger partial charge in [-0.2, -0.15) is 0 Å². The molecular weight excluding hydrogens is 660 g/mol. The quantitative estimate of drug-likeness (QED) is 0.231. The summed E-state index contributed by atoms with van der Waals surface area (Å²) in [5.74, 6) is -3.55. The number of ether oxygens (including phenoxy) is 5. The second kappa shape index (κ2) is 12.0. The van der Waals surface area contributed by atoms with Gasteiger partial charge in [0.05, 0.1) is 29.1 Å². The number of carbonyl (C=O) groups is 5. The van der Waals surface area contributed by atoms with E-state index in [0.29, 0.717) is 18.4 Å². The van der Waals surface area contributed by atoms with E-state index >= 15 is 4.79 Å². The molecule has 0 aromatic heterocycles. The predicted octanol–water partition coefficient (Wildman–Crippen LogP) is 3.16. The highest BCUT2D eigenvalue weighted by Crippen LogP contribution is 2.86. The van der Waals surface area contributed by atoms with Crippen molar-refractivity contribution < 1.29 is 57.9 Å². The molecule has 0 amide bonds. The molecule has 0 radical (unpaired) electrons. The number of aliphatic hydroxyl groups excluding tert-OH is 1. The first-order valence-corrected chi connectivity index (χ1v) is 17.6. The topological polar surface area (TPSA) is 172 Å². The van der Waals surface area contributed by atoms with Gasteiger partial charge in [-0.15, -0.1) is 0 Å². The Kier molecular flexibility index (Phi) is 8.27. The third kappa shape index (κ3) is 4.45. The van der Waals surface area contributed by atoms with Crippen molar-refractivity contribution in [2.45, 2.75) is 115 Å². The number of aliphatic hydroxyl groups is 2. The van der Waals surface area contributed by atoms with E-state index in [-0.39, 0.29) is 37.0 Å². The van der Waals surface area contributed by atoms with Crippen LogP contribution in [0.15, 0.2) is 65.3 Å². The zero-order valence-electron chi connectivity index (χ0n) is 29.4. The fraction of sp³-hybridized carbons (Fsp3) is 0.564. The van der Waals surface area contributed by atoms with Crippen molar-refractivity contribution in [2.24, 2.45) is 16.2 Å². The second-order valence-electron chi connectivity index (χ2n) is 15.1. The number of rotatable bonds is 8. The number of fused-ring (bicyclic) bond motifs is 1. The molecule has 1 saturated heterocycles. The molecule has 0 bridgehead atoms. The maximum absolute atomic E-state index is 15.1. The molecule has 2 N–H and O–H groups in total. The Labute approximate surface area is 295 Å². The largest absolute Gasteiger partial charge is 0.458 e. The molecule has 7 rings (SSSR count). The van der Waals surface area contributed by atoms with E-state index in [1.165, 1.54) is 13.8 Å². The number of allylic oxidation sites excluding steroid dienone is 2. The van der Waals surface area contributed by atoms with Crippen molar-refractivity contribution in [1.29, 1.82) is 0 Å². The van der Waals surface area contributed by atoms with Gasteiger partial charge in [-0.25, -0.2) is 4.79 Å². The lowest BCUT2D eigenvalue weighted by Crippen LogP contribution is -3.00. The lowest BCUT2D eigenvalue weighted by molar-refractivity contribution is -0.473. The van der Waals surface area contributed by atoms with Crippen molar-refractivity contribution in [3.63, 3.8) is 0 Å². The first-order valence-electron chi connectivity index (χ1n) is 17.6. The van der Waals surface area contributed by atoms with Crippen LogP contribution in [0.25, 0.3) is 0 Å². The van der Waals surface area contributed by atoms with Crippen LogP contribution in [-0.4, -0.2) is 88.2 Å². The molecule has 6 aliphatic rings. The van der Waals surface area contributed by atoms with Gasteiger partial charge in [0.15, 0.2) is 17.5 Å². The minimum absolute atomic E-state index is 0.0206. The van der Waals surface area contributed by atoms with Gasteiger partial charge in [-0.1, -0.05) is 55.5 Å². The summed E-state index contributed by atoms with van der Waals surface area (Å²) in [7, 11) is 0. The molecule has 1 aromatic carbocycles. The number of carbonyl (C=O) groups excluding carboxylic acids is 5. The maximum atomic E-state index is 15.1. The molecular formula is C39H44O12. The van der Waals surface area contributed by atoms with E-state index in [9.17, 15) is 29.4 Å². The lowest BCUT2D eigenvalue weighted by atomic mass is 9.20. The molecule has 1 heterocycles. The van der Waals surface area contributed by atoms with Crippen molar-refractivity contribution >= 4 is 29.7 Å². The van der Waals surface area contributed by atoms with Crippen LogP contribution >= 0.6 is 0 Å². The van der Waals surface area contributed by atoms with E-state index in [1.807, 2.05) is 36.4 Å². The molecule has 5 aliphatic carbocycles. The smallest absolute Gasteiger partial charge is 0.338 e. The molecule has 1 aromatic rings. The van der Waals surface area contributed by atoms with Gasteiger partial charge in [-0.05, 0) is 49.8 Å². The molecule has 1 spiro atoms. The van der Waals surface area contributed by atoms with Crippen molar-refractivity contribution in [1.82, 2.24) is 0 Å². The lowest BCUT2D eigenvalue weighted by Gasteiger charge is -2.86. The zero-order valence-corrected chi connectivity index (χ0v) is 29.4. The molecule has 10 unspecified atom stereocenters. The summed E-state index contributed by atoms with van der Waals surface area (Å²) in [6.45, 7) is 6.98. The summed E-state index contributed by atoms with van der Waals surface area (Å²) in [5.41, 5.74) is -7.43. The number of hydrogen-bond donors (Lipinski definition) is 2. The third-order valence-electron chi connectivity index (χ3n) is 12.8. The monoisotopic (exact) mass is 704 g/mol. The van der Waals surface area contributed by atoms with Crippen LogP contribution in [0, 0.1) is 16.2 Å². The number of aryl methyl sites for hydroxylation is 1. The van der Waals surface area contributed by atoms with Gasteiger partial charge < -0.3 is 33.9 Å². The molecule has 272 valence electrons. The first-order chi connectivity index (χ1) is 24.1. The Morgan fingerprint density at radius 1 is 1.00 bits per heavy atom. The normalized spacial score (nSPS) is 40.3. The van der Waals surface area contributed by atoms with E-state index in [0.717, 1.165) is 18.9 Å². The molecule has 4 fully saturated rings. The van der Waals surface area contributed by atoms with E-state index < -0.39 is 87.6 Å². The number of ketones is 1. The molecule has 3 saturated carbocycles. The average molecular weight is 705 g/mol. The molecule has 51 heavy (non-hydrogen) atoms. The highest BCUT2D eigenvalue weighted by Gasteiger charge is 2.99. The molecule has 12 heteroatoms. The summed E-state index contributed by atoms with van der Waals surface area (Å²) in [6.07, 6.45) is -0.189. The van der Waals surface area contributed by atoms with Crippen LogP contribution in [0.2, 0.25) is 0 Å². The van der Waals surface area contributed by atoms with Crippen LogP contribution in [0.3, 0.4) is 0 Å². The fourth-order valence-electron chi connectivity index (χ4n) is 10.8. The standard InChI is InChI=1S/C39H44O12/c1-21-26(49-29(43)17-16-24-12-8-6-9-13-24)19-37(46)34(50-33(45)25-14-10-7-11-15-25)39-35(4,27(42)18-28-38(39,20-47-28)51-23(3)41)32(44)31(48-22(2)40)30(21)36(37,39)5/h6,8-10,12-15,26-28,31,34,42,46H,7,11,16-20H2,1-5H3. The van der Waals surface area contributed by atoms with Crippen LogP contribution in [0.4, 0.5) is 0 Å². The van der Waals surface area contributed by atoms with Crippen LogP contribution in [0.1, 0.15) is 72.3 Å². The van der Waals surface area contributed by atoms with E-state index in [4.69, 9.17) is 23.7 Å². The Morgan fingerprint density at radius 3 is 2.33 bits per heavy atom.